The Morgan fingerprint density at radius 1 is 1.53 bits per heavy atom. The van der Waals surface area contributed by atoms with E-state index in [1.165, 1.54) is 0 Å². The monoisotopic (exact) mass is 206 g/mol. The zero-order valence-corrected chi connectivity index (χ0v) is 8.39. The van der Waals surface area contributed by atoms with Gasteiger partial charge in [0.1, 0.15) is 12.4 Å². The first-order chi connectivity index (χ1) is 7.28. The average Bonchev–Trinajstić information content (AvgIpc) is 2.65. The van der Waals surface area contributed by atoms with Crippen LogP contribution in [0.3, 0.4) is 0 Å². The van der Waals surface area contributed by atoms with Crippen molar-refractivity contribution in [2.75, 3.05) is 13.2 Å². The van der Waals surface area contributed by atoms with Gasteiger partial charge >= 0.3 is 0 Å². The van der Waals surface area contributed by atoms with Gasteiger partial charge in [-0.25, -0.2) is 4.99 Å². The first-order valence-electron chi connectivity index (χ1n) is 4.95. The molecule has 0 amide bonds. The summed E-state index contributed by atoms with van der Waals surface area (Å²) >= 11 is 0. The minimum absolute atomic E-state index is 0.130. The normalized spacial score (nSPS) is 19.8. The molecule has 1 aromatic rings. The molecule has 1 aliphatic rings. The predicted molar refractivity (Wildman–Crippen MR) is 58.0 cm³/mol. The largest absolute Gasteiger partial charge is 0.508 e. The van der Waals surface area contributed by atoms with Crippen molar-refractivity contribution in [3.63, 3.8) is 0 Å². The molecule has 80 valence electrons. The summed E-state index contributed by atoms with van der Waals surface area (Å²) < 4.78 is 5.28. The van der Waals surface area contributed by atoms with Crippen molar-refractivity contribution in [1.29, 1.82) is 0 Å². The molecule has 1 atom stereocenters. The number of rotatable bonds is 3. The van der Waals surface area contributed by atoms with E-state index in [2.05, 4.69) is 4.99 Å². The summed E-state index contributed by atoms with van der Waals surface area (Å²) in [5, 5.41) is 9.30. The first-order valence-corrected chi connectivity index (χ1v) is 4.95. The smallest absolute Gasteiger partial charge is 0.197 e. The number of hydrogen-bond donors (Lipinski definition) is 2. The van der Waals surface area contributed by atoms with Crippen LogP contribution >= 0.6 is 0 Å². The molecule has 2 rings (SSSR count). The lowest BCUT2D eigenvalue weighted by molar-refractivity contribution is 0.312. The summed E-state index contributed by atoms with van der Waals surface area (Å²) in [4.78, 5) is 4.32. The van der Waals surface area contributed by atoms with Gasteiger partial charge in [-0.15, -0.1) is 0 Å². The summed E-state index contributed by atoms with van der Waals surface area (Å²) in [6.07, 6.45) is 0.776. The third kappa shape index (κ3) is 2.47. The van der Waals surface area contributed by atoms with Crippen LogP contribution in [-0.4, -0.2) is 30.2 Å². The quantitative estimate of drug-likeness (QED) is 0.764. The highest BCUT2D eigenvalue weighted by molar-refractivity contribution is 5.79. The molecule has 1 aliphatic heterocycles. The molecule has 0 bridgehead atoms. The summed E-state index contributed by atoms with van der Waals surface area (Å²) in [6, 6.07) is 7.33. The SMILES string of the molecule is NCC1=NC(Cc2cccc(O)c2)CO1. The van der Waals surface area contributed by atoms with Crippen molar-refractivity contribution >= 4 is 5.90 Å². The summed E-state index contributed by atoms with van der Waals surface area (Å²) in [5.74, 6) is 0.912. The number of aromatic hydroxyl groups is 1. The minimum Gasteiger partial charge on any atom is -0.508 e. The Labute approximate surface area is 88.4 Å². The number of aliphatic imine (C=N–C) groups is 1. The maximum Gasteiger partial charge on any atom is 0.197 e. The molecule has 0 aliphatic carbocycles. The van der Waals surface area contributed by atoms with E-state index in [4.69, 9.17) is 10.5 Å². The highest BCUT2D eigenvalue weighted by Crippen LogP contribution is 2.15. The molecule has 1 aromatic carbocycles. The van der Waals surface area contributed by atoms with Crippen LogP contribution in [0.15, 0.2) is 29.3 Å². The van der Waals surface area contributed by atoms with E-state index in [0.29, 0.717) is 19.0 Å². The molecule has 0 saturated heterocycles. The molecule has 4 heteroatoms. The van der Waals surface area contributed by atoms with E-state index in [1.807, 2.05) is 12.1 Å². The molecule has 1 heterocycles. The van der Waals surface area contributed by atoms with Gasteiger partial charge < -0.3 is 15.6 Å². The van der Waals surface area contributed by atoms with Gasteiger partial charge in [0.25, 0.3) is 0 Å². The number of phenolic OH excluding ortho intramolecular Hbond substituents is 1. The molecular formula is C11H14N2O2. The van der Waals surface area contributed by atoms with Crippen molar-refractivity contribution in [2.45, 2.75) is 12.5 Å². The maximum atomic E-state index is 9.30. The van der Waals surface area contributed by atoms with Gasteiger partial charge in [0.05, 0.1) is 12.6 Å². The second-order valence-electron chi connectivity index (χ2n) is 3.57. The Hall–Kier alpha value is -1.55. The van der Waals surface area contributed by atoms with Gasteiger partial charge in [0.2, 0.25) is 0 Å². The van der Waals surface area contributed by atoms with E-state index in [1.54, 1.807) is 12.1 Å². The molecule has 3 N–H and O–H groups in total. The van der Waals surface area contributed by atoms with Crippen molar-refractivity contribution in [2.24, 2.45) is 10.7 Å². The highest BCUT2D eigenvalue weighted by atomic mass is 16.5. The van der Waals surface area contributed by atoms with E-state index < -0.39 is 0 Å². The number of nitrogens with zero attached hydrogens (tertiary/aromatic N) is 1. The van der Waals surface area contributed by atoms with Crippen LogP contribution in [-0.2, 0) is 11.2 Å². The van der Waals surface area contributed by atoms with Crippen LogP contribution in [0, 0.1) is 0 Å². The van der Waals surface area contributed by atoms with Crippen LogP contribution in [0.1, 0.15) is 5.56 Å². The molecule has 0 aromatic heterocycles. The Bertz CT molecular complexity index is 377. The van der Waals surface area contributed by atoms with E-state index in [0.717, 1.165) is 12.0 Å². The maximum absolute atomic E-state index is 9.30. The number of benzene rings is 1. The fourth-order valence-electron chi connectivity index (χ4n) is 1.64. The summed E-state index contributed by atoms with van der Waals surface area (Å²) in [7, 11) is 0. The van der Waals surface area contributed by atoms with E-state index in [-0.39, 0.29) is 11.8 Å². The summed E-state index contributed by atoms with van der Waals surface area (Å²) in [6.45, 7) is 0.943. The molecule has 0 radical (unpaired) electrons. The number of phenols is 1. The molecular weight excluding hydrogens is 192 g/mol. The van der Waals surface area contributed by atoms with Crippen LogP contribution in [0.2, 0.25) is 0 Å². The van der Waals surface area contributed by atoms with Gasteiger partial charge in [0.15, 0.2) is 5.90 Å². The fraction of sp³-hybridized carbons (Fsp3) is 0.364. The van der Waals surface area contributed by atoms with Crippen LogP contribution < -0.4 is 5.73 Å². The van der Waals surface area contributed by atoms with Crippen molar-refractivity contribution in [3.05, 3.63) is 29.8 Å². The molecule has 0 saturated carbocycles. The van der Waals surface area contributed by atoms with E-state index >= 15 is 0 Å². The topological polar surface area (TPSA) is 67.8 Å². The third-order valence-electron chi connectivity index (χ3n) is 2.33. The second kappa shape index (κ2) is 4.31. The van der Waals surface area contributed by atoms with Gasteiger partial charge in [0, 0.05) is 0 Å². The molecule has 15 heavy (non-hydrogen) atoms. The number of ether oxygens (including phenoxy) is 1. The molecule has 0 fully saturated rings. The van der Waals surface area contributed by atoms with Gasteiger partial charge in [-0.2, -0.15) is 0 Å². The fourth-order valence-corrected chi connectivity index (χ4v) is 1.64. The third-order valence-corrected chi connectivity index (χ3v) is 2.33. The van der Waals surface area contributed by atoms with Gasteiger partial charge in [-0.05, 0) is 24.1 Å². The van der Waals surface area contributed by atoms with Gasteiger partial charge in [-0.1, -0.05) is 12.1 Å². The van der Waals surface area contributed by atoms with Gasteiger partial charge in [-0.3, -0.25) is 0 Å². The average molecular weight is 206 g/mol. The number of hydrogen-bond acceptors (Lipinski definition) is 4. The van der Waals surface area contributed by atoms with E-state index in [9.17, 15) is 5.11 Å². The summed E-state index contributed by atoms with van der Waals surface area (Å²) in [5.41, 5.74) is 6.48. The van der Waals surface area contributed by atoms with Crippen LogP contribution in [0.4, 0.5) is 0 Å². The molecule has 4 nitrogen and oxygen atoms in total. The van der Waals surface area contributed by atoms with Crippen LogP contribution in [0.5, 0.6) is 5.75 Å². The Kier molecular flexibility index (Phi) is 2.87. The zero-order chi connectivity index (χ0) is 10.7. The standard InChI is InChI=1S/C11H14N2O2/c12-6-11-13-9(7-15-11)4-8-2-1-3-10(14)5-8/h1-3,5,9,14H,4,6-7,12H2. The zero-order valence-electron chi connectivity index (χ0n) is 8.39. The molecule has 0 spiro atoms. The van der Waals surface area contributed by atoms with Crippen molar-refractivity contribution in [1.82, 2.24) is 0 Å². The van der Waals surface area contributed by atoms with Crippen LogP contribution in [0.25, 0.3) is 0 Å². The van der Waals surface area contributed by atoms with Crippen molar-refractivity contribution < 1.29 is 9.84 Å². The lowest BCUT2D eigenvalue weighted by Crippen LogP contribution is -2.13. The second-order valence-corrected chi connectivity index (χ2v) is 3.57. The first kappa shape index (κ1) is 9.98. The minimum atomic E-state index is 0.130. The Morgan fingerprint density at radius 2 is 2.40 bits per heavy atom. The Morgan fingerprint density at radius 3 is 3.07 bits per heavy atom. The Balaban J connectivity index is 2.01. The highest BCUT2D eigenvalue weighted by Gasteiger charge is 2.17. The van der Waals surface area contributed by atoms with Crippen molar-refractivity contribution in [3.8, 4) is 5.75 Å². The molecule has 1 unspecified atom stereocenters. The lowest BCUT2D eigenvalue weighted by atomic mass is 10.1. The predicted octanol–water partition coefficient (Wildman–Crippen LogP) is 0.691. The number of nitrogens with two attached hydrogens (primary N) is 1. The lowest BCUT2D eigenvalue weighted by Gasteiger charge is -2.05.